The Morgan fingerprint density at radius 1 is 1.44 bits per heavy atom. The zero-order chi connectivity index (χ0) is 7.11. The predicted molar refractivity (Wildman–Crippen MR) is 39.9 cm³/mol. The van der Waals surface area contributed by atoms with Crippen LogP contribution in [0.3, 0.4) is 0 Å². The van der Waals surface area contributed by atoms with Crippen LogP contribution in [-0.2, 0) is 4.74 Å². The molecule has 54 valence electrons. The Hall–Kier alpha value is -0.530. The summed E-state index contributed by atoms with van der Waals surface area (Å²) in [4.78, 5) is 4.06. The Balaban J connectivity index is 3.25. The lowest BCUT2D eigenvalue weighted by Gasteiger charge is -2.00. The zero-order valence-electron chi connectivity index (χ0n) is 6.48. The largest absolute Gasteiger partial charge is 0.481 e. The smallest absolute Gasteiger partial charge is 0.179 e. The van der Waals surface area contributed by atoms with E-state index in [-0.39, 0.29) is 0 Å². The Morgan fingerprint density at radius 2 is 2.11 bits per heavy atom. The van der Waals surface area contributed by atoms with Gasteiger partial charge in [-0.05, 0) is 13.3 Å². The molecule has 0 saturated carbocycles. The molecule has 0 amide bonds. The predicted octanol–water partition coefficient (Wildman–Crippen LogP) is 1.85. The van der Waals surface area contributed by atoms with E-state index >= 15 is 0 Å². The maximum absolute atomic E-state index is 5.18. The van der Waals surface area contributed by atoms with Gasteiger partial charge in [0.2, 0.25) is 0 Å². The van der Waals surface area contributed by atoms with E-state index in [0.29, 0.717) is 0 Å². The molecule has 0 aliphatic rings. The Labute approximate surface area is 56.9 Å². The third kappa shape index (κ3) is 5.34. The summed E-state index contributed by atoms with van der Waals surface area (Å²) in [6.07, 6.45) is 1.05. The van der Waals surface area contributed by atoms with Crippen molar-refractivity contribution in [3.63, 3.8) is 0 Å². The van der Waals surface area contributed by atoms with Crippen molar-refractivity contribution in [1.82, 2.24) is 0 Å². The second-order valence-corrected chi connectivity index (χ2v) is 1.84. The fraction of sp³-hybridized carbons (Fsp3) is 0.857. The van der Waals surface area contributed by atoms with Crippen molar-refractivity contribution in [3.8, 4) is 0 Å². The molecule has 9 heavy (non-hydrogen) atoms. The van der Waals surface area contributed by atoms with Crippen LogP contribution in [0.25, 0.3) is 0 Å². The van der Waals surface area contributed by atoms with Gasteiger partial charge in [-0.2, -0.15) is 0 Å². The number of aliphatic imine (C=N–C) groups is 1. The van der Waals surface area contributed by atoms with Gasteiger partial charge in [-0.15, -0.1) is 0 Å². The second kappa shape index (κ2) is 5.60. The number of nitrogens with zero attached hydrogens (tertiary/aromatic N) is 1. The first-order valence-corrected chi connectivity index (χ1v) is 3.45. The van der Waals surface area contributed by atoms with E-state index in [0.717, 1.165) is 25.5 Å². The van der Waals surface area contributed by atoms with Crippen LogP contribution in [0, 0.1) is 0 Å². The summed E-state index contributed by atoms with van der Waals surface area (Å²) < 4.78 is 5.18. The topological polar surface area (TPSA) is 21.6 Å². The SMILES string of the molecule is CCCO/C(C)=N\CC. The molecule has 0 aliphatic carbocycles. The molecule has 0 aliphatic heterocycles. The lowest BCUT2D eigenvalue weighted by molar-refractivity contribution is 0.301. The van der Waals surface area contributed by atoms with E-state index in [4.69, 9.17) is 4.74 Å². The molecule has 0 aromatic rings. The fourth-order valence-electron chi connectivity index (χ4n) is 0.518. The van der Waals surface area contributed by atoms with E-state index < -0.39 is 0 Å². The van der Waals surface area contributed by atoms with E-state index in [1.807, 2.05) is 13.8 Å². The lowest BCUT2D eigenvalue weighted by Crippen LogP contribution is -2.00. The van der Waals surface area contributed by atoms with Crippen LogP contribution in [0.4, 0.5) is 0 Å². The maximum atomic E-state index is 5.18. The van der Waals surface area contributed by atoms with Crippen LogP contribution in [0.1, 0.15) is 27.2 Å². The van der Waals surface area contributed by atoms with Crippen LogP contribution in [-0.4, -0.2) is 19.0 Å². The van der Waals surface area contributed by atoms with Gasteiger partial charge in [0.25, 0.3) is 0 Å². The van der Waals surface area contributed by atoms with Crippen LogP contribution in [0.15, 0.2) is 4.99 Å². The van der Waals surface area contributed by atoms with Crippen LogP contribution in [0.5, 0.6) is 0 Å². The summed E-state index contributed by atoms with van der Waals surface area (Å²) in [5.41, 5.74) is 0. The number of hydrogen-bond acceptors (Lipinski definition) is 2. The van der Waals surface area contributed by atoms with Crippen molar-refractivity contribution >= 4 is 5.90 Å². The monoisotopic (exact) mass is 129 g/mol. The van der Waals surface area contributed by atoms with E-state index in [1.165, 1.54) is 0 Å². The summed E-state index contributed by atoms with van der Waals surface area (Å²) in [6, 6.07) is 0. The minimum Gasteiger partial charge on any atom is -0.481 e. The van der Waals surface area contributed by atoms with Crippen LogP contribution in [0.2, 0.25) is 0 Å². The van der Waals surface area contributed by atoms with Crippen molar-refractivity contribution in [2.24, 2.45) is 4.99 Å². The van der Waals surface area contributed by atoms with Gasteiger partial charge in [0, 0.05) is 13.5 Å². The van der Waals surface area contributed by atoms with Gasteiger partial charge in [0.05, 0.1) is 6.61 Å². The highest BCUT2D eigenvalue weighted by Crippen LogP contribution is 1.84. The molecule has 0 aromatic carbocycles. The average Bonchev–Trinajstić information content (AvgIpc) is 1.85. The summed E-state index contributed by atoms with van der Waals surface area (Å²) >= 11 is 0. The second-order valence-electron chi connectivity index (χ2n) is 1.84. The molecule has 0 unspecified atom stereocenters. The van der Waals surface area contributed by atoms with E-state index in [2.05, 4.69) is 11.9 Å². The first-order chi connectivity index (χ1) is 4.31. The van der Waals surface area contributed by atoms with Crippen molar-refractivity contribution in [2.45, 2.75) is 27.2 Å². The van der Waals surface area contributed by atoms with Gasteiger partial charge in [-0.1, -0.05) is 6.92 Å². The van der Waals surface area contributed by atoms with Crippen LogP contribution >= 0.6 is 0 Å². The van der Waals surface area contributed by atoms with Crippen LogP contribution < -0.4 is 0 Å². The first kappa shape index (κ1) is 8.47. The van der Waals surface area contributed by atoms with Gasteiger partial charge >= 0.3 is 0 Å². The zero-order valence-corrected chi connectivity index (χ0v) is 6.48. The summed E-state index contributed by atoms with van der Waals surface area (Å²) in [5.74, 6) is 0.805. The molecule has 0 heterocycles. The van der Waals surface area contributed by atoms with Gasteiger partial charge < -0.3 is 4.74 Å². The van der Waals surface area contributed by atoms with Crippen molar-refractivity contribution in [3.05, 3.63) is 0 Å². The number of rotatable bonds is 3. The molecule has 0 radical (unpaired) electrons. The molecule has 2 nitrogen and oxygen atoms in total. The molecular formula is C7H15NO. The van der Waals surface area contributed by atoms with Crippen molar-refractivity contribution in [2.75, 3.05) is 13.2 Å². The maximum Gasteiger partial charge on any atom is 0.179 e. The van der Waals surface area contributed by atoms with Gasteiger partial charge in [0.15, 0.2) is 5.90 Å². The van der Waals surface area contributed by atoms with Crippen molar-refractivity contribution < 1.29 is 4.74 Å². The molecular weight excluding hydrogens is 114 g/mol. The molecule has 2 heteroatoms. The molecule has 0 bridgehead atoms. The number of hydrogen-bond donors (Lipinski definition) is 0. The molecule has 0 rings (SSSR count). The van der Waals surface area contributed by atoms with E-state index in [9.17, 15) is 0 Å². The molecule has 0 N–H and O–H groups in total. The third-order valence-corrected chi connectivity index (χ3v) is 0.896. The Morgan fingerprint density at radius 3 is 2.56 bits per heavy atom. The Kier molecular flexibility index (Phi) is 5.27. The van der Waals surface area contributed by atoms with Crippen molar-refractivity contribution in [1.29, 1.82) is 0 Å². The summed E-state index contributed by atoms with van der Waals surface area (Å²) in [5, 5.41) is 0. The molecule has 0 spiro atoms. The molecule has 0 saturated heterocycles. The normalized spacial score (nSPS) is 11.7. The quantitative estimate of drug-likeness (QED) is 0.421. The summed E-state index contributed by atoms with van der Waals surface area (Å²) in [6.45, 7) is 7.57. The van der Waals surface area contributed by atoms with Gasteiger partial charge in [0.1, 0.15) is 0 Å². The Bertz CT molecular complexity index is 88.9. The van der Waals surface area contributed by atoms with Gasteiger partial charge in [-0.3, -0.25) is 4.99 Å². The standard InChI is InChI=1S/C7H15NO/c1-4-6-9-7(3)8-5-2/h4-6H2,1-3H3/b8-7-. The molecule has 0 atom stereocenters. The van der Waals surface area contributed by atoms with E-state index in [1.54, 1.807) is 0 Å². The average molecular weight is 129 g/mol. The molecule has 0 fully saturated rings. The summed E-state index contributed by atoms with van der Waals surface area (Å²) in [7, 11) is 0. The lowest BCUT2D eigenvalue weighted by atomic mass is 10.5. The fourth-order valence-corrected chi connectivity index (χ4v) is 0.518. The highest BCUT2D eigenvalue weighted by Gasteiger charge is 1.85. The minimum absolute atomic E-state index is 0.787. The highest BCUT2D eigenvalue weighted by molar-refractivity contribution is 5.72. The first-order valence-electron chi connectivity index (χ1n) is 3.45. The highest BCUT2D eigenvalue weighted by atomic mass is 16.5. The minimum atomic E-state index is 0.787. The number of ether oxygens (including phenoxy) is 1. The van der Waals surface area contributed by atoms with Gasteiger partial charge in [-0.25, -0.2) is 0 Å². The molecule has 0 aromatic heterocycles. The third-order valence-electron chi connectivity index (χ3n) is 0.896.